The number of hydrogen-bond acceptors (Lipinski definition) is 4. The van der Waals surface area contributed by atoms with E-state index < -0.39 is 10.0 Å². The Morgan fingerprint density at radius 3 is 2.29 bits per heavy atom. The Hall–Kier alpha value is -3.16. The molecule has 3 rings (SSSR count). The van der Waals surface area contributed by atoms with Crippen LogP contribution in [0.1, 0.15) is 11.1 Å². The average Bonchev–Trinajstić information content (AvgIpc) is 2.76. The van der Waals surface area contributed by atoms with Crippen molar-refractivity contribution in [3.05, 3.63) is 77.9 Å². The first kappa shape index (κ1) is 22.5. The van der Waals surface area contributed by atoms with Crippen LogP contribution in [0.3, 0.4) is 0 Å². The molecule has 1 N–H and O–H groups in total. The standard InChI is InChI=1S/C24H26N2O4S/c1-17-14-20(31(28,29)26(3)4)15-22(18(17)2)25-24(27)16-30-23-13-9-8-12-21(23)19-10-6-5-7-11-19/h5-15H,16H2,1-4H3,(H,25,27). The molecule has 1 amide bonds. The molecule has 6 nitrogen and oxygen atoms in total. The van der Waals surface area contributed by atoms with E-state index in [4.69, 9.17) is 4.74 Å². The lowest BCUT2D eigenvalue weighted by atomic mass is 10.1. The van der Waals surface area contributed by atoms with Gasteiger partial charge in [-0.05, 0) is 48.7 Å². The van der Waals surface area contributed by atoms with Gasteiger partial charge in [-0.15, -0.1) is 0 Å². The molecular formula is C24H26N2O4S. The largest absolute Gasteiger partial charge is 0.483 e. The second kappa shape index (κ2) is 9.32. The quantitative estimate of drug-likeness (QED) is 0.599. The van der Waals surface area contributed by atoms with Crippen molar-refractivity contribution >= 4 is 21.6 Å². The maximum absolute atomic E-state index is 12.6. The van der Waals surface area contributed by atoms with Gasteiger partial charge < -0.3 is 10.1 Å². The molecule has 0 spiro atoms. The van der Waals surface area contributed by atoms with Crippen LogP contribution in [0.5, 0.6) is 5.75 Å². The third kappa shape index (κ3) is 5.13. The van der Waals surface area contributed by atoms with Gasteiger partial charge in [0.05, 0.1) is 4.90 Å². The van der Waals surface area contributed by atoms with Gasteiger partial charge >= 0.3 is 0 Å². The van der Waals surface area contributed by atoms with Gasteiger partial charge in [0.15, 0.2) is 6.61 Å². The Labute approximate surface area is 183 Å². The fourth-order valence-electron chi connectivity index (χ4n) is 3.09. The highest BCUT2D eigenvalue weighted by Gasteiger charge is 2.20. The van der Waals surface area contributed by atoms with E-state index in [0.717, 1.165) is 26.6 Å². The van der Waals surface area contributed by atoms with Crippen molar-refractivity contribution in [1.29, 1.82) is 0 Å². The van der Waals surface area contributed by atoms with Gasteiger partial charge in [0.1, 0.15) is 5.75 Å². The lowest BCUT2D eigenvalue weighted by Crippen LogP contribution is -2.24. The number of aryl methyl sites for hydroxylation is 1. The van der Waals surface area contributed by atoms with E-state index >= 15 is 0 Å². The summed E-state index contributed by atoms with van der Waals surface area (Å²) in [6.45, 7) is 3.45. The number of nitrogens with one attached hydrogen (secondary N) is 1. The van der Waals surface area contributed by atoms with Crippen molar-refractivity contribution in [2.24, 2.45) is 0 Å². The first-order valence-electron chi connectivity index (χ1n) is 9.81. The first-order chi connectivity index (χ1) is 14.7. The predicted molar refractivity (Wildman–Crippen MR) is 123 cm³/mol. The number of anilines is 1. The Bertz CT molecular complexity index is 1190. The smallest absolute Gasteiger partial charge is 0.262 e. The fraction of sp³-hybridized carbons (Fsp3) is 0.208. The topological polar surface area (TPSA) is 75.7 Å². The number of carbonyl (C=O) groups is 1. The Kier molecular flexibility index (Phi) is 6.77. The number of carbonyl (C=O) groups excluding carboxylic acids is 1. The molecule has 0 aliphatic heterocycles. The van der Waals surface area contributed by atoms with E-state index in [2.05, 4.69) is 5.32 Å². The summed E-state index contributed by atoms with van der Waals surface area (Å²) in [6.07, 6.45) is 0. The van der Waals surface area contributed by atoms with E-state index in [-0.39, 0.29) is 17.4 Å². The molecular weight excluding hydrogens is 412 g/mol. The van der Waals surface area contributed by atoms with E-state index in [1.807, 2.05) is 68.4 Å². The van der Waals surface area contributed by atoms with Gasteiger partial charge in [-0.25, -0.2) is 12.7 Å². The zero-order valence-electron chi connectivity index (χ0n) is 18.0. The Morgan fingerprint density at radius 1 is 0.968 bits per heavy atom. The average molecular weight is 439 g/mol. The molecule has 0 saturated carbocycles. The molecule has 7 heteroatoms. The summed E-state index contributed by atoms with van der Waals surface area (Å²) >= 11 is 0. The molecule has 3 aromatic rings. The highest BCUT2D eigenvalue weighted by Crippen LogP contribution is 2.30. The number of nitrogens with zero attached hydrogens (tertiary/aromatic N) is 1. The molecule has 162 valence electrons. The summed E-state index contributed by atoms with van der Waals surface area (Å²) < 4.78 is 31.9. The van der Waals surface area contributed by atoms with E-state index in [0.29, 0.717) is 11.4 Å². The monoisotopic (exact) mass is 438 g/mol. The van der Waals surface area contributed by atoms with Crippen molar-refractivity contribution < 1.29 is 17.9 Å². The lowest BCUT2D eigenvalue weighted by Gasteiger charge is -2.17. The normalized spacial score (nSPS) is 11.4. The van der Waals surface area contributed by atoms with Gasteiger partial charge in [-0.2, -0.15) is 0 Å². The zero-order valence-corrected chi connectivity index (χ0v) is 18.9. The van der Waals surface area contributed by atoms with Gasteiger partial charge in [0.2, 0.25) is 10.0 Å². The number of ether oxygens (including phenoxy) is 1. The number of rotatable bonds is 7. The zero-order chi connectivity index (χ0) is 22.6. The molecule has 0 radical (unpaired) electrons. The molecule has 0 aliphatic carbocycles. The minimum absolute atomic E-state index is 0.131. The van der Waals surface area contributed by atoms with Crippen LogP contribution < -0.4 is 10.1 Å². The number of amides is 1. The number of para-hydroxylation sites is 1. The van der Waals surface area contributed by atoms with Gasteiger partial charge in [-0.3, -0.25) is 4.79 Å². The number of hydrogen-bond donors (Lipinski definition) is 1. The van der Waals surface area contributed by atoms with E-state index in [1.54, 1.807) is 6.07 Å². The Morgan fingerprint density at radius 2 is 1.61 bits per heavy atom. The fourth-order valence-corrected chi connectivity index (χ4v) is 4.11. The summed E-state index contributed by atoms with van der Waals surface area (Å²) in [4.78, 5) is 12.7. The first-order valence-corrected chi connectivity index (χ1v) is 11.2. The van der Waals surface area contributed by atoms with Gasteiger partial charge in [0, 0.05) is 25.3 Å². The van der Waals surface area contributed by atoms with E-state index in [1.165, 1.54) is 20.2 Å². The minimum atomic E-state index is -3.62. The van der Waals surface area contributed by atoms with Crippen molar-refractivity contribution in [3.63, 3.8) is 0 Å². The van der Waals surface area contributed by atoms with Crippen LogP contribution in [0.4, 0.5) is 5.69 Å². The van der Waals surface area contributed by atoms with Crippen LogP contribution in [0.2, 0.25) is 0 Å². The SMILES string of the molecule is Cc1cc(S(=O)(=O)N(C)C)cc(NC(=O)COc2ccccc2-c2ccccc2)c1C. The molecule has 0 atom stereocenters. The van der Waals surface area contributed by atoms with Crippen molar-refractivity contribution in [1.82, 2.24) is 4.31 Å². The molecule has 3 aromatic carbocycles. The van der Waals surface area contributed by atoms with Crippen LogP contribution in [0.25, 0.3) is 11.1 Å². The number of sulfonamides is 1. The molecule has 0 aromatic heterocycles. The maximum atomic E-state index is 12.6. The van der Waals surface area contributed by atoms with Crippen molar-refractivity contribution in [3.8, 4) is 16.9 Å². The number of benzene rings is 3. The summed E-state index contributed by atoms with van der Waals surface area (Å²) in [5.74, 6) is 0.227. The lowest BCUT2D eigenvalue weighted by molar-refractivity contribution is -0.118. The van der Waals surface area contributed by atoms with Crippen LogP contribution in [0.15, 0.2) is 71.6 Å². The summed E-state index contributed by atoms with van der Waals surface area (Å²) in [7, 11) is -0.669. The maximum Gasteiger partial charge on any atom is 0.262 e. The summed E-state index contributed by atoms with van der Waals surface area (Å²) in [5.41, 5.74) is 3.91. The highest BCUT2D eigenvalue weighted by molar-refractivity contribution is 7.89. The highest BCUT2D eigenvalue weighted by atomic mass is 32.2. The third-order valence-corrected chi connectivity index (χ3v) is 6.82. The molecule has 0 heterocycles. The van der Waals surface area contributed by atoms with Crippen LogP contribution in [-0.4, -0.2) is 39.3 Å². The molecule has 0 bridgehead atoms. The second-order valence-electron chi connectivity index (χ2n) is 7.40. The molecule has 0 aliphatic rings. The predicted octanol–water partition coefficient (Wildman–Crippen LogP) is 4.24. The minimum Gasteiger partial charge on any atom is -0.483 e. The second-order valence-corrected chi connectivity index (χ2v) is 9.55. The van der Waals surface area contributed by atoms with Crippen LogP contribution in [0, 0.1) is 13.8 Å². The van der Waals surface area contributed by atoms with E-state index in [9.17, 15) is 13.2 Å². The van der Waals surface area contributed by atoms with Crippen molar-refractivity contribution in [2.45, 2.75) is 18.7 Å². The summed E-state index contributed by atoms with van der Waals surface area (Å²) in [5, 5.41) is 2.79. The van der Waals surface area contributed by atoms with Crippen LogP contribution >= 0.6 is 0 Å². The third-order valence-electron chi connectivity index (χ3n) is 5.02. The molecule has 0 fully saturated rings. The van der Waals surface area contributed by atoms with Gasteiger partial charge in [0.25, 0.3) is 5.91 Å². The molecule has 0 unspecified atom stereocenters. The summed E-state index contributed by atoms with van der Waals surface area (Å²) in [6, 6.07) is 20.4. The van der Waals surface area contributed by atoms with Gasteiger partial charge in [-0.1, -0.05) is 48.5 Å². The molecule has 0 saturated heterocycles. The van der Waals surface area contributed by atoms with Crippen LogP contribution in [-0.2, 0) is 14.8 Å². The molecule has 31 heavy (non-hydrogen) atoms. The Balaban J connectivity index is 1.78. The van der Waals surface area contributed by atoms with Crippen molar-refractivity contribution in [2.75, 3.05) is 26.0 Å².